The number of nitrogens with one attached hydrogen (secondary N) is 1. The van der Waals surface area contributed by atoms with Crippen LogP contribution in [0, 0.1) is 25.2 Å². The van der Waals surface area contributed by atoms with Gasteiger partial charge in [0.2, 0.25) is 6.79 Å². The third-order valence-corrected chi connectivity index (χ3v) is 13.4. The van der Waals surface area contributed by atoms with Crippen LogP contribution in [0.1, 0.15) is 68.0 Å². The summed E-state index contributed by atoms with van der Waals surface area (Å²) in [5.41, 5.74) is 3.03. The molecule has 7 atom stereocenters. The highest BCUT2D eigenvalue weighted by molar-refractivity contribution is 7.99. The Labute approximate surface area is 342 Å². The quantitative estimate of drug-likeness (QED) is 0.118. The molecule has 7 heterocycles. The van der Waals surface area contributed by atoms with Gasteiger partial charge >= 0.3 is 17.6 Å². The van der Waals surface area contributed by atoms with Gasteiger partial charge in [0.05, 0.1) is 30.5 Å². The van der Waals surface area contributed by atoms with E-state index >= 15 is 0 Å². The first-order valence-electron chi connectivity index (χ1n) is 19.2. The molecule has 1 aromatic heterocycles. The molecule has 4 bridgehead atoms. The van der Waals surface area contributed by atoms with Crippen LogP contribution in [0.2, 0.25) is 0 Å². The number of benzene rings is 3. The first-order chi connectivity index (χ1) is 28.5. The van der Waals surface area contributed by atoms with Crippen LogP contribution in [0.25, 0.3) is 11.0 Å². The number of hydrogen-bond acceptors (Lipinski definition) is 15. The molecular formula is C43H40N4O11S. The molecule has 16 heteroatoms. The van der Waals surface area contributed by atoms with Crippen LogP contribution in [0.5, 0.6) is 28.7 Å². The molecule has 3 aromatic carbocycles. The van der Waals surface area contributed by atoms with Crippen LogP contribution in [-0.2, 0) is 20.7 Å². The number of aromatic hydroxyl groups is 1. The lowest BCUT2D eigenvalue weighted by molar-refractivity contribution is -0.151. The average Bonchev–Trinajstić information content (AvgIpc) is 3.70. The molecule has 2 fully saturated rings. The minimum Gasteiger partial charge on any atom is -0.504 e. The highest BCUT2D eigenvalue weighted by Crippen LogP contribution is 2.64. The zero-order valence-electron chi connectivity index (χ0n) is 32.6. The molecule has 2 unspecified atom stereocenters. The first kappa shape index (κ1) is 38.5. The van der Waals surface area contributed by atoms with Gasteiger partial charge in [0.15, 0.2) is 23.0 Å². The number of thioether (sulfide) groups is 1. The maximum absolute atomic E-state index is 14.1. The topological polar surface area (TPSA) is 190 Å². The third-order valence-electron chi connectivity index (χ3n) is 12.0. The van der Waals surface area contributed by atoms with E-state index in [4.69, 9.17) is 28.1 Å². The van der Waals surface area contributed by atoms with E-state index in [2.05, 4.69) is 27.8 Å². The summed E-state index contributed by atoms with van der Waals surface area (Å²) in [7, 11) is 1.50. The SMILES string of the molecule is C=CCN1C2Cc3cc(C)c(OC)c(O)c3[C@@H]1C1[C@@H]3SC[C@H](NC(=O)c4cc5ccccc5oc4=O)C(=O)OC[C@@H](c4c5c(c(C)c(OC(C)=O)c43)OCO5)N1[C@H]2C#N. The Morgan fingerprint density at radius 1 is 1.10 bits per heavy atom. The molecule has 10 rings (SSSR count). The van der Waals surface area contributed by atoms with Crippen molar-refractivity contribution >= 4 is 40.6 Å². The summed E-state index contributed by atoms with van der Waals surface area (Å²) in [4.78, 5) is 58.1. The smallest absolute Gasteiger partial charge is 0.349 e. The molecule has 0 saturated carbocycles. The van der Waals surface area contributed by atoms with Crippen molar-refractivity contribution in [3.8, 4) is 34.8 Å². The van der Waals surface area contributed by atoms with E-state index in [0.29, 0.717) is 63.4 Å². The molecule has 0 aliphatic carbocycles. The lowest BCUT2D eigenvalue weighted by atomic mass is 9.71. The molecule has 59 heavy (non-hydrogen) atoms. The molecule has 4 aromatic rings. The fourth-order valence-corrected chi connectivity index (χ4v) is 11.3. The van der Waals surface area contributed by atoms with Crippen LogP contribution in [0.15, 0.2) is 58.3 Å². The van der Waals surface area contributed by atoms with Crippen LogP contribution in [-0.4, -0.2) is 89.7 Å². The Bertz CT molecular complexity index is 2590. The number of ether oxygens (including phenoxy) is 5. The number of carbonyl (C=O) groups excluding carboxylic acids is 3. The fourth-order valence-electron chi connectivity index (χ4n) is 9.77. The molecule has 0 radical (unpaired) electrons. The summed E-state index contributed by atoms with van der Waals surface area (Å²) in [6.07, 6.45) is 2.18. The number of para-hydroxylation sites is 1. The second-order valence-electron chi connectivity index (χ2n) is 15.2. The van der Waals surface area contributed by atoms with Gasteiger partial charge in [-0.3, -0.25) is 19.4 Å². The number of rotatable bonds is 6. The van der Waals surface area contributed by atoms with Crippen molar-refractivity contribution in [1.82, 2.24) is 15.1 Å². The maximum atomic E-state index is 14.1. The van der Waals surface area contributed by atoms with E-state index in [9.17, 15) is 29.5 Å². The summed E-state index contributed by atoms with van der Waals surface area (Å²) in [5, 5.41) is 25.8. The zero-order chi connectivity index (χ0) is 41.4. The van der Waals surface area contributed by atoms with E-state index in [-0.39, 0.29) is 36.2 Å². The molecule has 6 aliphatic heterocycles. The predicted octanol–water partition coefficient (Wildman–Crippen LogP) is 4.69. The van der Waals surface area contributed by atoms with E-state index < -0.39 is 65.0 Å². The monoisotopic (exact) mass is 820 g/mol. The molecule has 15 nitrogen and oxygen atoms in total. The Balaban J connectivity index is 1.25. The number of methoxy groups -OCH3 is 1. The van der Waals surface area contributed by atoms with Crippen molar-refractivity contribution in [2.24, 2.45) is 0 Å². The van der Waals surface area contributed by atoms with Crippen LogP contribution < -0.4 is 29.9 Å². The number of nitrogens with zero attached hydrogens (tertiary/aromatic N) is 3. The van der Waals surface area contributed by atoms with E-state index in [0.717, 1.165) is 11.1 Å². The van der Waals surface area contributed by atoms with Crippen molar-refractivity contribution in [1.29, 1.82) is 5.26 Å². The molecule has 0 spiro atoms. The van der Waals surface area contributed by atoms with E-state index in [1.807, 2.05) is 13.0 Å². The summed E-state index contributed by atoms with van der Waals surface area (Å²) in [5.74, 6) is -0.948. The van der Waals surface area contributed by atoms with Crippen LogP contribution in [0.4, 0.5) is 0 Å². The predicted molar refractivity (Wildman–Crippen MR) is 213 cm³/mol. The number of phenolic OH excluding ortho intramolecular Hbond substituents is 1. The summed E-state index contributed by atoms with van der Waals surface area (Å²) >= 11 is 1.29. The van der Waals surface area contributed by atoms with Crippen molar-refractivity contribution in [2.45, 2.75) is 68.7 Å². The molecule has 1 amide bonds. The van der Waals surface area contributed by atoms with Gasteiger partial charge in [-0.15, -0.1) is 18.3 Å². The molecular weight excluding hydrogens is 781 g/mol. The van der Waals surface area contributed by atoms with Crippen molar-refractivity contribution in [3.63, 3.8) is 0 Å². The van der Waals surface area contributed by atoms with Crippen molar-refractivity contribution < 1.29 is 47.6 Å². The van der Waals surface area contributed by atoms with Crippen molar-refractivity contribution in [2.75, 3.05) is 32.8 Å². The average molecular weight is 821 g/mol. The minimum atomic E-state index is -1.26. The molecule has 6 aliphatic rings. The Morgan fingerprint density at radius 3 is 2.63 bits per heavy atom. The van der Waals surface area contributed by atoms with Gasteiger partial charge in [0.1, 0.15) is 35.6 Å². The number of hydrogen-bond donors (Lipinski definition) is 2. The number of esters is 2. The summed E-state index contributed by atoms with van der Waals surface area (Å²) in [6, 6.07) is 8.22. The number of amides is 1. The van der Waals surface area contributed by atoms with Gasteiger partial charge in [-0.1, -0.05) is 30.3 Å². The standard InChI is InChI=1S/C43H40N4O11S/c1-6-11-46-26-14-23-12-19(2)36(53-5)35(49)30(23)33(46)34-40-32-31(39-38(55-18-56-39)20(3)37(32)57-21(4)48)28(47(34)27(26)15-44)16-54-43(52)25(17-59-40)45-41(50)24-13-22-9-7-8-10-29(22)58-42(24)51/h6-10,12-13,25-28,33-34,40,49H,1,11,14,16-18H2,2-5H3,(H,45,50)/t25-,26?,27-,28-,33+,34?,40+/m0/s1. The zero-order valence-corrected chi connectivity index (χ0v) is 33.4. The number of carbonyl (C=O) groups is 3. The summed E-state index contributed by atoms with van der Waals surface area (Å²) < 4.78 is 35.5. The largest absolute Gasteiger partial charge is 0.504 e. The highest BCUT2D eigenvalue weighted by atomic mass is 32.2. The number of fused-ring (bicyclic) bond motifs is 11. The van der Waals surface area contributed by atoms with Gasteiger partial charge in [-0.25, -0.2) is 9.59 Å². The van der Waals surface area contributed by atoms with Gasteiger partial charge < -0.3 is 38.5 Å². The number of phenols is 1. The molecule has 304 valence electrons. The van der Waals surface area contributed by atoms with E-state index in [1.165, 1.54) is 31.9 Å². The van der Waals surface area contributed by atoms with Gasteiger partial charge in [0.25, 0.3) is 5.91 Å². The second-order valence-corrected chi connectivity index (χ2v) is 16.4. The van der Waals surface area contributed by atoms with Gasteiger partial charge in [-0.05, 0) is 43.5 Å². The van der Waals surface area contributed by atoms with Crippen LogP contribution in [0.3, 0.4) is 0 Å². The highest BCUT2D eigenvalue weighted by Gasteiger charge is 2.61. The van der Waals surface area contributed by atoms with Gasteiger partial charge in [-0.2, -0.15) is 5.26 Å². The molecule has 2 N–H and O–H groups in total. The van der Waals surface area contributed by atoms with E-state index in [1.54, 1.807) is 37.3 Å². The number of nitriles is 1. The molecule has 2 saturated heterocycles. The lowest BCUT2D eigenvalue weighted by Crippen LogP contribution is -2.70. The van der Waals surface area contributed by atoms with Crippen LogP contribution >= 0.6 is 11.8 Å². The second kappa shape index (κ2) is 14.7. The third kappa shape index (κ3) is 5.93. The number of piperazine rings is 1. The fraction of sp³-hybridized carbons (Fsp3) is 0.372. The Kier molecular flexibility index (Phi) is 9.57. The normalized spacial score (nSPS) is 25.5. The van der Waals surface area contributed by atoms with Gasteiger partial charge in [0, 0.05) is 58.9 Å². The van der Waals surface area contributed by atoms with Crippen molar-refractivity contribution in [3.05, 3.63) is 98.4 Å². The Morgan fingerprint density at radius 2 is 1.88 bits per heavy atom. The summed E-state index contributed by atoms with van der Waals surface area (Å²) in [6.45, 7) is 8.93. The minimum absolute atomic E-state index is 0.0265. The first-order valence-corrected chi connectivity index (χ1v) is 20.2. The lowest BCUT2D eigenvalue weighted by Gasteiger charge is -2.62. The maximum Gasteiger partial charge on any atom is 0.349 e. The number of aryl methyl sites for hydroxylation is 1. The Hall–Kier alpha value is -6.02.